The Morgan fingerprint density at radius 1 is 1.18 bits per heavy atom. The first kappa shape index (κ1) is 14.8. The molecule has 4 heteroatoms. The molecule has 116 valence electrons. The molecule has 0 bridgehead atoms. The first-order chi connectivity index (χ1) is 10.6. The molecule has 1 aliphatic rings. The van der Waals surface area contributed by atoms with Crippen LogP contribution in [0.5, 0.6) is 0 Å². The number of aromatic nitrogens is 1. The molecule has 1 amide bonds. The van der Waals surface area contributed by atoms with E-state index in [-0.39, 0.29) is 17.5 Å². The van der Waals surface area contributed by atoms with E-state index in [0.29, 0.717) is 16.9 Å². The number of hydrogen-bond donors (Lipinski definition) is 1. The zero-order valence-electron chi connectivity index (χ0n) is 13.1. The van der Waals surface area contributed by atoms with Gasteiger partial charge in [-0.25, -0.2) is 0 Å². The van der Waals surface area contributed by atoms with Crippen LogP contribution < -0.4 is 10.9 Å². The Hall–Kier alpha value is -2.10. The maximum absolute atomic E-state index is 12.7. The summed E-state index contributed by atoms with van der Waals surface area (Å²) >= 11 is 0. The van der Waals surface area contributed by atoms with Crippen LogP contribution in [0, 0.1) is 5.92 Å². The monoisotopic (exact) mass is 298 g/mol. The molecule has 2 aromatic rings. The lowest BCUT2D eigenvalue weighted by Crippen LogP contribution is -2.41. The molecule has 22 heavy (non-hydrogen) atoms. The van der Waals surface area contributed by atoms with Gasteiger partial charge in [0.15, 0.2) is 0 Å². The fourth-order valence-electron chi connectivity index (χ4n) is 3.37. The van der Waals surface area contributed by atoms with Crippen LogP contribution in [0.25, 0.3) is 10.8 Å². The van der Waals surface area contributed by atoms with E-state index in [9.17, 15) is 9.59 Å². The van der Waals surface area contributed by atoms with Gasteiger partial charge in [-0.1, -0.05) is 38.0 Å². The Kier molecular flexibility index (Phi) is 4.01. The Morgan fingerprint density at radius 3 is 2.59 bits per heavy atom. The van der Waals surface area contributed by atoms with E-state index in [1.54, 1.807) is 19.3 Å². The van der Waals surface area contributed by atoms with Crippen molar-refractivity contribution in [2.45, 2.75) is 38.6 Å². The van der Waals surface area contributed by atoms with Crippen molar-refractivity contribution in [2.24, 2.45) is 13.0 Å². The Morgan fingerprint density at radius 2 is 1.86 bits per heavy atom. The van der Waals surface area contributed by atoms with Crippen molar-refractivity contribution in [2.75, 3.05) is 0 Å². The molecule has 1 heterocycles. The van der Waals surface area contributed by atoms with Gasteiger partial charge in [-0.3, -0.25) is 9.59 Å². The van der Waals surface area contributed by atoms with E-state index in [0.717, 1.165) is 11.8 Å². The Labute approximate surface area is 130 Å². The third-order valence-corrected chi connectivity index (χ3v) is 4.76. The lowest BCUT2D eigenvalue weighted by molar-refractivity contribution is 0.0911. The highest BCUT2D eigenvalue weighted by Crippen LogP contribution is 2.24. The molecule has 1 aliphatic carbocycles. The first-order valence-corrected chi connectivity index (χ1v) is 7.97. The predicted molar refractivity (Wildman–Crippen MR) is 88.1 cm³/mol. The van der Waals surface area contributed by atoms with E-state index in [4.69, 9.17) is 0 Å². The van der Waals surface area contributed by atoms with Gasteiger partial charge >= 0.3 is 0 Å². The largest absolute Gasteiger partial charge is 0.349 e. The quantitative estimate of drug-likeness (QED) is 0.927. The number of fused-ring (bicyclic) bond motifs is 1. The van der Waals surface area contributed by atoms with Gasteiger partial charge in [0.25, 0.3) is 11.5 Å². The van der Waals surface area contributed by atoms with Crippen molar-refractivity contribution in [3.8, 4) is 0 Å². The fraction of sp³-hybridized carbons (Fsp3) is 0.444. The molecule has 2 atom stereocenters. The molecular weight excluding hydrogens is 276 g/mol. The highest BCUT2D eigenvalue weighted by Gasteiger charge is 2.24. The molecule has 1 aromatic heterocycles. The number of benzene rings is 1. The second-order valence-electron chi connectivity index (χ2n) is 6.35. The molecule has 0 spiro atoms. The van der Waals surface area contributed by atoms with Crippen LogP contribution in [0.4, 0.5) is 0 Å². The van der Waals surface area contributed by atoms with Gasteiger partial charge in [0.05, 0.1) is 5.56 Å². The summed E-state index contributed by atoms with van der Waals surface area (Å²) in [7, 11) is 1.69. The first-order valence-electron chi connectivity index (χ1n) is 7.97. The summed E-state index contributed by atoms with van der Waals surface area (Å²) in [6.45, 7) is 2.20. The third kappa shape index (κ3) is 2.65. The maximum Gasteiger partial charge on any atom is 0.258 e. The normalized spacial score (nSPS) is 21.7. The smallest absolute Gasteiger partial charge is 0.258 e. The zero-order chi connectivity index (χ0) is 15.7. The van der Waals surface area contributed by atoms with Gasteiger partial charge in [-0.15, -0.1) is 0 Å². The summed E-state index contributed by atoms with van der Waals surface area (Å²) in [5.74, 6) is 0.432. The molecule has 0 aliphatic heterocycles. The van der Waals surface area contributed by atoms with Crippen LogP contribution in [-0.2, 0) is 7.05 Å². The molecule has 1 N–H and O–H groups in total. The van der Waals surface area contributed by atoms with Gasteiger partial charge < -0.3 is 9.88 Å². The molecule has 0 saturated heterocycles. The highest BCUT2D eigenvalue weighted by molar-refractivity contribution is 6.06. The summed E-state index contributed by atoms with van der Waals surface area (Å²) < 4.78 is 1.49. The second-order valence-corrected chi connectivity index (χ2v) is 6.35. The lowest BCUT2D eigenvalue weighted by atomic mass is 9.86. The minimum atomic E-state index is -0.0782. The highest BCUT2D eigenvalue weighted by atomic mass is 16.2. The van der Waals surface area contributed by atoms with Crippen LogP contribution >= 0.6 is 0 Å². The van der Waals surface area contributed by atoms with E-state index in [1.165, 1.54) is 23.8 Å². The van der Waals surface area contributed by atoms with Gasteiger partial charge in [0.1, 0.15) is 0 Å². The summed E-state index contributed by atoms with van der Waals surface area (Å²) in [6.07, 6.45) is 6.27. The topological polar surface area (TPSA) is 51.1 Å². The van der Waals surface area contributed by atoms with E-state index < -0.39 is 0 Å². The third-order valence-electron chi connectivity index (χ3n) is 4.76. The van der Waals surface area contributed by atoms with Crippen molar-refractivity contribution in [1.82, 2.24) is 9.88 Å². The van der Waals surface area contributed by atoms with E-state index >= 15 is 0 Å². The number of aryl methyl sites for hydroxylation is 1. The standard InChI is InChI=1S/C18H22N2O2/c1-12-7-3-6-10-16(12)19-17(21)15-11-20(2)18(22)14-9-5-4-8-13(14)15/h4-5,8-9,11-12,16H,3,6-7,10H2,1-2H3,(H,19,21). The summed E-state index contributed by atoms with van der Waals surface area (Å²) in [6, 6.07) is 7.54. The van der Waals surface area contributed by atoms with Crippen LogP contribution in [0.3, 0.4) is 0 Å². The molecule has 2 unspecified atom stereocenters. The van der Waals surface area contributed by atoms with Crippen molar-refractivity contribution in [3.63, 3.8) is 0 Å². The van der Waals surface area contributed by atoms with Crippen LogP contribution in [-0.4, -0.2) is 16.5 Å². The van der Waals surface area contributed by atoms with Crippen LogP contribution in [0.1, 0.15) is 43.0 Å². The van der Waals surface area contributed by atoms with E-state index in [1.807, 2.05) is 18.2 Å². The number of nitrogens with one attached hydrogen (secondary N) is 1. The maximum atomic E-state index is 12.7. The van der Waals surface area contributed by atoms with E-state index in [2.05, 4.69) is 12.2 Å². The SMILES string of the molecule is CC1CCCCC1NC(=O)c1cn(C)c(=O)c2ccccc12. The van der Waals surface area contributed by atoms with Crippen molar-refractivity contribution in [3.05, 3.63) is 46.4 Å². The number of rotatable bonds is 2. The van der Waals surface area contributed by atoms with Crippen molar-refractivity contribution >= 4 is 16.7 Å². The fourth-order valence-corrected chi connectivity index (χ4v) is 3.37. The van der Waals surface area contributed by atoms with Gasteiger partial charge in [0.2, 0.25) is 0 Å². The average Bonchev–Trinajstić information content (AvgIpc) is 2.53. The minimum absolute atomic E-state index is 0.0711. The number of amides is 1. The van der Waals surface area contributed by atoms with Crippen LogP contribution in [0.15, 0.2) is 35.3 Å². The second kappa shape index (κ2) is 5.95. The zero-order valence-corrected chi connectivity index (χ0v) is 13.1. The number of hydrogen-bond acceptors (Lipinski definition) is 2. The average molecular weight is 298 g/mol. The molecular formula is C18H22N2O2. The Bertz CT molecular complexity index is 763. The molecule has 4 nitrogen and oxygen atoms in total. The summed E-state index contributed by atoms with van der Waals surface area (Å²) in [5, 5.41) is 4.49. The van der Waals surface area contributed by atoms with Crippen LogP contribution in [0.2, 0.25) is 0 Å². The Balaban J connectivity index is 1.97. The van der Waals surface area contributed by atoms with Gasteiger partial charge in [0, 0.05) is 30.1 Å². The van der Waals surface area contributed by atoms with Gasteiger partial charge in [-0.05, 0) is 24.8 Å². The number of pyridine rings is 1. The van der Waals surface area contributed by atoms with Gasteiger partial charge in [-0.2, -0.15) is 0 Å². The molecule has 1 aromatic carbocycles. The molecule has 0 radical (unpaired) electrons. The van der Waals surface area contributed by atoms with Crippen molar-refractivity contribution in [1.29, 1.82) is 0 Å². The predicted octanol–water partition coefficient (Wildman–Crippen LogP) is 2.85. The summed E-state index contributed by atoms with van der Waals surface area (Å²) in [5.41, 5.74) is 0.508. The number of carbonyl (C=O) groups is 1. The molecule has 1 fully saturated rings. The van der Waals surface area contributed by atoms with Crippen molar-refractivity contribution < 1.29 is 4.79 Å². The summed E-state index contributed by atoms with van der Waals surface area (Å²) in [4.78, 5) is 24.9. The minimum Gasteiger partial charge on any atom is -0.349 e. The lowest BCUT2D eigenvalue weighted by Gasteiger charge is -2.29. The molecule has 3 rings (SSSR count). The number of carbonyl (C=O) groups excluding carboxylic acids is 1. The molecule has 1 saturated carbocycles. The number of nitrogens with zero attached hydrogens (tertiary/aromatic N) is 1.